The molecule has 0 atom stereocenters. The molecule has 0 N–H and O–H groups in total. The standard InChI is InChI=1S/C102H62N2O7/c1-101(2)77-23-11-7-19-69(77)95-79(101)53-81(97-71-21-9-15-27-85(71)110-99(95)97)103(63-35-33-55-41-61(31-29-57(55)43-63)87-45-59-17-5-13-25-83(59)105-87)65-37-39-67-73-49-93-75(51-91(73)107-89(67)47-65)76-52-92-74(50-94(76)109-93)68-40-38-66(48-90(68)108-92)104(64-36-34-56-42-62(32-30-58(56)44-64)88-46-60-18-6-14-26-84(60)106-88)82-54-80-96(70-20-8-12-24-78(70)102(80,3)4)100-98(82)72-22-10-16-28-86(72)111-100/h5-54H,1-4H3. The van der Waals surface area contributed by atoms with Crippen LogP contribution < -0.4 is 9.80 Å². The molecular formula is C102H62N2O7. The van der Waals surface area contributed by atoms with Gasteiger partial charge in [-0.2, -0.15) is 0 Å². The Morgan fingerprint density at radius 3 is 1.02 bits per heavy atom. The van der Waals surface area contributed by atoms with Crippen molar-refractivity contribution in [1.29, 1.82) is 0 Å². The lowest BCUT2D eigenvalue weighted by atomic mass is 9.82. The van der Waals surface area contributed by atoms with Gasteiger partial charge in [0.15, 0.2) is 0 Å². The smallest absolute Gasteiger partial charge is 0.145 e. The van der Waals surface area contributed by atoms with E-state index in [9.17, 15) is 0 Å². The average molecular weight is 1430 g/mol. The first-order valence-electron chi connectivity index (χ1n) is 38.0. The van der Waals surface area contributed by atoms with Gasteiger partial charge in [-0.3, -0.25) is 0 Å². The first-order chi connectivity index (χ1) is 54.4. The maximum Gasteiger partial charge on any atom is 0.145 e. The van der Waals surface area contributed by atoms with E-state index < -0.39 is 0 Å². The summed E-state index contributed by atoms with van der Waals surface area (Å²) in [6.07, 6.45) is 0. The molecule has 111 heavy (non-hydrogen) atoms. The van der Waals surface area contributed by atoms with Gasteiger partial charge in [-0.1, -0.05) is 185 Å². The Labute approximate surface area is 633 Å². The molecule has 0 radical (unpaired) electrons. The fourth-order valence-corrected chi connectivity index (χ4v) is 19.1. The number of anilines is 6. The first-order valence-corrected chi connectivity index (χ1v) is 38.0. The molecule has 25 rings (SSSR count). The summed E-state index contributed by atoms with van der Waals surface area (Å²) in [5.41, 5.74) is 26.6. The molecule has 7 aromatic heterocycles. The van der Waals surface area contributed by atoms with Crippen molar-refractivity contribution in [3.63, 3.8) is 0 Å². The highest BCUT2D eigenvalue weighted by Gasteiger charge is 2.42. The van der Waals surface area contributed by atoms with Crippen molar-refractivity contribution in [2.75, 3.05) is 9.80 Å². The number of benzene rings is 16. The van der Waals surface area contributed by atoms with Crippen molar-refractivity contribution in [3.8, 4) is 44.9 Å². The Kier molecular flexibility index (Phi) is 11.9. The van der Waals surface area contributed by atoms with E-state index >= 15 is 0 Å². The number of nitrogens with zero attached hydrogens (tertiary/aromatic N) is 2. The molecule has 0 saturated heterocycles. The van der Waals surface area contributed by atoms with E-state index in [1.165, 1.54) is 33.4 Å². The molecule has 9 heteroatoms. The van der Waals surface area contributed by atoms with Gasteiger partial charge < -0.3 is 40.7 Å². The Bertz CT molecular complexity index is 7540. The summed E-state index contributed by atoms with van der Waals surface area (Å²) in [6, 6.07) is 108. The molecule has 16 aromatic carbocycles. The lowest BCUT2D eigenvalue weighted by Gasteiger charge is -2.29. The second-order valence-corrected chi connectivity index (χ2v) is 31.4. The van der Waals surface area contributed by atoms with Crippen molar-refractivity contribution in [2.45, 2.75) is 38.5 Å². The van der Waals surface area contributed by atoms with Crippen LogP contribution in [0.4, 0.5) is 34.1 Å². The summed E-state index contributed by atoms with van der Waals surface area (Å²) in [5, 5.41) is 16.5. The van der Waals surface area contributed by atoms with E-state index in [4.69, 9.17) is 30.9 Å². The van der Waals surface area contributed by atoms with Gasteiger partial charge in [-0.15, -0.1) is 0 Å². The van der Waals surface area contributed by atoms with Gasteiger partial charge in [-0.05, 0) is 188 Å². The van der Waals surface area contributed by atoms with Crippen LogP contribution in [-0.2, 0) is 10.8 Å². The number of hydrogen-bond donors (Lipinski definition) is 0. The molecule has 2 aliphatic carbocycles. The maximum atomic E-state index is 7.15. The molecule has 0 aliphatic heterocycles. The summed E-state index contributed by atoms with van der Waals surface area (Å²) < 4.78 is 48.3. The monoisotopic (exact) mass is 1430 g/mol. The second-order valence-electron chi connectivity index (χ2n) is 31.4. The fraction of sp³-hybridized carbons (Fsp3) is 0.0588. The van der Waals surface area contributed by atoms with Gasteiger partial charge in [0.2, 0.25) is 0 Å². The zero-order chi connectivity index (χ0) is 73.0. The number of para-hydroxylation sites is 4. The molecular weight excluding hydrogens is 1370 g/mol. The van der Waals surface area contributed by atoms with Crippen LogP contribution in [0.3, 0.4) is 0 Å². The van der Waals surface area contributed by atoms with Crippen molar-refractivity contribution in [1.82, 2.24) is 0 Å². The van der Waals surface area contributed by atoms with E-state index in [2.05, 4.69) is 304 Å². The second kappa shape index (κ2) is 21.7. The van der Waals surface area contributed by atoms with Gasteiger partial charge in [-0.25, -0.2) is 0 Å². The van der Waals surface area contributed by atoms with E-state index in [1.54, 1.807) is 0 Å². The molecule has 0 unspecified atom stereocenters. The largest absolute Gasteiger partial charge is 0.456 e. The third-order valence-corrected chi connectivity index (χ3v) is 24.6. The maximum absolute atomic E-state index is 7.15. The van der Waals surface area contributed by atoms with Crippen LogP contribution in [0.15, 0.2) is 334 Å². The van der Waals surface area contributed by atoms with Crippen molar-refractivity contribution in [3.05, 3.63) is 326 Å². The fourth-order valence-electron chi connectivity index (χ4n) is 19.1. The predicted molar refractivity (Wildman–Crippen MR) is 453 cm³/mol. The molecule has 0 bridgehead atoms. The molecule has 0 fully saturated rings. The molecule has 0 saturated carbocycles. The SMILES string of the molecule is CC1(C)c2ccccc2-c2c1cc(N(c1ccc3cc(-c4cc5ccccc5o4)ccc3c1)c1ccc3c(c1)oc1cc4c(cc13)oc1cc3c(cc14)oc1cc(N(c4ccc5cc(-c6cc7ccccc7o6)ccc5c4)c4cc5c(c6oc7ccccc7c46)-c4ccccc4C5(C)C)ccc13)c1c2oc2ccccc21. The highest BCUT2D eigenvalue weighted by atomic mass is 16.4. The van der Waals surface area contributed by atoms with Crippen molar-refractivity contribution in [2.24, 2.45) is 0 Å². The third kappa shape index (κ3) is 8.54. The van der Waals surface area contributed by atoms with Gasteiger partial charge in [0.1, 0.15) is 78.5 Å². The zero-order valence-electron chi connectivity index (χ0n) is 60.6. The van der Waals surface area contributed by atoms with E-state index in [-0.39, 0.29) is 10.8 Å². The summed E-state index contributed by atoms with van der Waals surface area (Å²) in [5.74, 6) is 1.68. The number of fused-ring (bicyclic) bond motifs is 27. The normalized spacial score (nSPS) is 13.7. The van der Waals surface area contributed by atoms with Crippen LogP contribution in [0.1, 0.15) is 49.9 Å². The van der Waals surface area contributed by atoms with Gasteiger partial charge in [0.25, 0.3) is 0 Å². The van der Waals surface area contributed by atoms with Crippen LogP contribution >= 0.6 is 0 Å². The lowest BCUT2D eigenvalue weighted by Crippen LogP contribution is -2.17. The Hall–Kier alpha value is -14.3. The number of hydrogen-bond acceptors (Lipinski definition) is 9. The zero-order valence-corrected chi connectivity index (χ0v) is 60.6. The molecule has 0 amide bonds. The number of furan rings is 7. The molecule has 522 valence electrons. The molecule has 7 heterocycles. The molecule has 9 nitrogen and oxygen atoms in total. The van der Waals surface area contributed by atoms with Gasteiger partial charge in [0, 0.05) is 122 Å². The highest BCUT2D eigenvalue weighted by Crippen LogP contribution is 2.60. The Morgan fingerprint density at radius 2 is 0.577 bits per heavy atom. The minimum absolute atomic E-state index is 0.327. The lowest BCUT2D eigenvalue weighted by molar-refractivity contribution is 0.631. The van der Waals surface area contributed by atoms with Crippen molar-refractivity contribution >= 4 is 187 Å². The minimum atomic E-state index is -0.327. The molecule has 0 spiro atoms. The quantitative estimate of drug-likeness (QED) is 0.147. The Balaban J connectivity index is 0.633. The summed E-state index contributed by atoms with van der Waals surface area (Å²) >= 11 is 0. The molecule has 23 aromatic rings. The van der Waals surface area contributed by atoms with Crippen LogP contribution in [0, 0.1) is 0 Å². The van der Waals surface area contributed by atoms with Crippen LogP contribution in [0.5, 0.6) is 0 Å². The summed E-state index contributed by atoms with van der Waals surface area (Å²) in [7, 11) is 0. The van der Waals surface area contributed by atoms with Gasteiger partial charge >= 0.3 is 0 Å². The van der Waals surface area contributed by atoms with Crippen LogP contribution in [-0.4, -0.2) is 0 Å². The first kappa shape index (κ1) is 60.8. The van der Waals surface area contributed by atoms with Crippen LogP contribution in [0.25, 0.3) is 198 Å². The molecule has 2 aliphatic rings. The minimum Gasteiger partial charge on any atom is -0.456 e. The average Bonchev–Trinajstić information content (AvgIpc) is 1.53. The summed E-state index contributed by atoms with van der Waals surface area (Å²) in [6.45, 7) is 9.34. The predicted octanol–water partition coefficient (Wildman–Crippen LogP) is 29.9. The van der Waals surface area contributed by atoms with Crippen molar-refractivity contribution < 1.29 is 30.9 Å². The topological polar surface area (TPSA) is 98.5 Å². The van der Waals surface area contributed by atoms with E-state index in [0.717, 1.165) is 221 Å². The van der Waals surface area contributed by atoms with E-state index in [1.807, 2.05) is 36.4 Å². The summed E-state index contributed by atoms with van der Waals surface area (Å²) in [4.78, 5) is 4.80. The third-order valence-electron chi connectivity index (χ3n) is 24.6. The Morgan fingerprint density at radius 1 is 0.225 bits per heavy atom. The van der Waals surface area contributed by atoms with Gasteiger partial charge in [0.05, 0.1) is 22.1 Å². The number of rotatable bonds is 8. The highest BCUT2D eigenvalue weighted by molar-refractivity contribution is 6.23. The van der Waals surface area contributed by atoms with Crippen LogP contribution in [0.2, 0.25) is 0 Å². The van der Waals surface area contributed by atoms with E-state index in [0.29, 0.717) is 0 Å².